The van der Waals surface area contributed by atoms with E-state index in [0.717, 1.165) is 62.9 Å². The van der Waals surface area contributed by atoms with Crippen molar-refractivity contribution in [2.75, 3.05) is 51.8 Å². The number of rotatable bonds is 11. The number of carbonyl (C=O) groups excluding carboxylic acids is 1. The number of anilines is 1. The molecule has 0 unspecified atom stereocenters. The van der Waals surface area contributed by atoms with Gasteiger partial charge in [-0.2, -0.15) is 5.10 Å². The summed E-state index contributed by atoms with van der Waals surface area (Å²) in [6.45, 7) is 6.19. The number of ether oxygens (including phenoxy) is 2. The SMILES string of the molecule is CCCCCOc1cc(N2CCCN(Cc3cccc(-c4cnn(C5CCN(C)CC5)c4)c3F)C2=O)ccc1OC. The van der Waals surface area contributed by atoms with Crippen LogP contribution in [0.15, 0.2) is 48.8 Å². The Bertz CT molecular complexity index is 1320. The van der Waals surface area contributed by atoms with Gasteiger partial charge in [0.15, 0.2) is 11.5 Å². The Balaban J connectivity index is 1.29. The van der Waals surface area contributed by atoms with Crippen LogP contribution in [-0.2, 0) is 6.54 Å². The third-order valence-corrected chi connectivity index (χ3v) is 8.19. The predicted molar refractivity (Wildman–Crippen MR) is 159 cm³/mol. The van der Waals surface area contributed by atoms with E-state index in [2.05, 4.69) is 24.0 Å². The van der Waals surface area contributed by atoms with Gasteiger partial charge in [0.2, 0.25) is 0 Å². The molecule has 220 valence electrons. The van der Waals surface area contributed by atoms with Crippen molar-refractivity contribution >= 4 is 11.7 Å². The summed E-state index contributed by atoms with van der Waals surface area (Å²) in [5, 5.41) is 4.57. The van der Waals surface area contributed by atoms with Crippen LogP contribution in [0.3, 0.4) is 0 Å². The van der Waals surface area contributed by atoms with Gasteiger partial charge in [-0.3, -0.25) is 9.58 Å². The minimum Gasteiger partial charge on any atom is -0.493 e. The van der Waals surface area contributed by atoms with Gasteiger partial charge in [0.05, 0.1) is 32.5 Å². The fraction of sp³-hybridized carbons (Fsp3) is 0.500. The minimum absolute atomic E-state index is 0.141. The highest BCUT2D eigenvalue weighted by Crippen LogP contribution is 2.34. The van der Waals surface area contributed by atoms with Crippen molar-refractivity contribution in [1.29, 1.82) is 0 Å². The second-order valence-corrected chi connectivity index (χ2v) is 11.1. The number of amides is 2. The van der Waals surface area contributed by atoms with E-state index in [1.165, 1.54) is 0 Å². The number of methoxy groups -OCH3 is 1. The highest BCUT2D eigenvalue weighted by Gasteiger charge is 2.29. The van der Waals surface area contributed by atoms with E-state index in [1.54, 1.807) is 35.2 Å². The third kappa shape index (κ3) is 6.67. The summed E-state index contributed by atoms with van der Waals surface area (Å²) in [5.74, 6) is 0.975. The Kier molecular flexibility index (Phi) is 9.44. The van der Waals surface area contributed by atoms with Crippen LogP contribution < -0.4 is 14.4 Å². The molecule has 41 heavy (non-hydrogen) atoms. The van der Waals surface area contributed by atoms with E-state index in [-0.39, 0.29) is 18.4 Å². The molecule has 9 heteroatoms. The van der Waals surface area contributed by atoms with Crippen LogP contribution in [0, 0.1) is 5.82 Å². The molecule has 2 aliphatic heterocycles. The average Bonchev–Trinajstić information content (AvgIpc) is 3.48. The van der Waals surface area contributed by atoms with Crippen molar-refractivity contribution in [3.63, 3.8) is 0 Å². The van der Waals surface area contributed by atoms with Gasteiger partial charge in [0.1, 0.15) is 5.82 Å². The van der Waals surface area contributed by atoms with Crippen molar-refractivity contribution in [2.24, 2.45) is 0 Å². The number of halogens is 1. The number of unbranched alkanes of at least 4 members (excludes halogenated alkanes) is 2. The van der Waals surface area contributed by atoms with Crippen LogP contribution in [0.2, 0.25) is 0 Å². The van der Waals surface area contributed by atoms with E-state index < -0.39 is 0 Å². The molecule has 0 bridgehead atoms. The molecule has 2 aliphatic rings. The van der Waals surface area contributed by atoms with Crippen molar-refractivity contribution in [3.05, 3.63) is 60.2 Å². The molecule has 0 atom stereocenters. The molecule has 8 nitrogen and oxygen atoms in total. The van der Waals surface area contributed by atoms with Crippen LogP contribution in [0.5, 0.6) is 11.5 Å². The maximum Gasteiger partial charge on any atom is 0.324 e. The molecule has 1 aromatic heterocycles. The lowest BCUT2D eigenvalue weighted by Crippen LogP contribution is -2.49. The maximum atomic E-state index is 15.8. The summed E-state index contributed by atoms with van der Waals surface area (Å²) in [5.41, 5.74) is 2.53. The van der Waals surface area contributed by atoms with Gasteiger partial charge >= 0.3 is 6.03 Å². The molecule has 5 rings (SSSR count). The van der Waals surface area contributed by atoms with E-state index in [0.29, 0.717) is 48.4 Å². The van der Waals surface area contributed by atoms with Gasteiger partial charge < -0.3 is 19.3 Å². The number of piperidine rings is 1. The summed E-state index contributed by atoms with van der Waals surface area (Å²) >= 11 is 0. The van der Waals surface area contributed by atoms with Crippen molar-refractivity contribution < 1.29 is 18.7 Å². The van der Waals surface area contributed by atoms with Gasteiger partial charge in [-0.05, 0) is 58.0 Å². The van der Waals surface area contributed by atoms with Crippen LogP contribution in [0.25, 0.3) is 11.1 Å². The summed E-state index contributed by atoms with van der Waals surface area (Å²) < 4.78 is 29.3. The van der Waals surface area contributed by atoms with Crippen molar-refractivity contribution in [1.82, 2.24) is 19.6 Å². The summed E-state index contributed by atoms with van der Waals surface area (Å²) in [7, 11) is 3.75. The molecular weight excluding hydrogens is 521 g/mol. The van der Waals surface area contributed by atoms with Gasteiger partial charge in [0.25, 0.3) is 0 Å². The zero-order valence-electron chi connectivity index (χ0n) is 24.5. The average molecular weight is 564 g/mol. The Hall–Kier alpha value is -3.59. The van der Waals surface area contributed by atoms with Gasteiger partial charge in [-0.25, -0.2) is 9.18 Å². The lowest BCUT2D eigenvalue weighted by Gasteiger charge is -2.36. The molecule has 2 aromatic carbocycles. The molecule has 3 aromatic rings. The number of aromatic nitrogens is 2. The van der Waals surface area contributed by atoms with Gasteiger partial charge in [0, 0.05) is 47.7 Å². The monoisotopic (exact) mass is 563 g/mol. The van der Waals surface area contributed by atoms with Crippen LogP contribution >= 0.6 is 0 Å². The molecular formula is C32H42FN5O3. The molecule has 2 fully saturated rings. The first-order valence-electron chi connectivity index (χ1n) is 14.9. The Morgan fingerprint density at radius 1 is 1.05 bits per heavy atom. The molecule has 2 saturated heterocycles. The van der Waals surface area contributed by atoms with Gasteiger partial charge in [-0.1, -0.05) is 38.0 Å². The van der Waals surface area contributed by atoms with Crippen LogP contribution in [0.4, 0.5) is 14.9 Å². The third-order valence-electron chi connectivity index (χ3n) is 8.19. The van der Waals surface area contributed by atoms with Gasteiger partial charge in [-0.15, -0.1) is 0 Å². The number of nitrogens with zero attached hydrogens (tertiary/aromatic N) is 5. The topological polar surface area (TPSA) is 63.1 Å². The first-order valence-corrected chi connectivity index (χ1v) is 14.9. The normalized spacial score (nSPS) is 16.8. The Morgan fingerprint density at radius 2 is 1.88 bits per heavy atom. The number of likely N-dealkylation sites (tertiary alicyclic amines) is 1. The molecule has 3 heterocycles. The molecule has 2 amide bonds. The lowest BCUT2D eigenvalue weighted by atomic mass is 10.0. The number of hydrogen-bond acceptors (Lipinski definition) is 5. The quantitative estimate of drug-likeness (QED) is 0.254. The summed E-state index contributed by atoms with van der Waals surface area (Å²) in [6.07, 6.45) is 9.74. The van der Waals surface area contributed by atoms with E-state index in [9.17, 15) is 4.79 Å². The second kappa shape index (κ2) is 13.4. The fourth-order valence-electron chi connectivity index (χ4n) is 5.71. The molecule has 0 N–H and O–H groups in total. The number of urea groups is 1. The van der Waals surface area contributed by atoms with E-state index in [1.807, 2.05) is 35.1 Å². The molecule has 0 saturated carbocycles. The lowest BCUT2D eigenvalue weighted by molar-refractivity contribution is 0.191. The summed E-state index contributed by atoms with van der Waals surface area (Å²) in [6, 6.07) is 11.2. The molecule has 0 radical (unpaired) electrons. The summed E-state index contributed by atoms with van der Waals surface area (Å²) in [4.78, 5) is 19.4. The highest BCUT2D eigenvalue weighted by atomic mass is 19.1. The maximum absolute atomic E-state index is 15.8. The Morgan fingerprint density at radius 3 is 2.66 bits per heavy atom. The van der Waals surface area contributed by atoms with Crippen LogP contribution in [0.1, 0.15) is 57.1 Å². The smallest absolute Gasteiger partial charge is 0.324 e. The zero-order chi connectivity index (χ0) is 28.8. The number of carbonyl (C=O) groups is 1. The second-order valence-electron chi connectivity index (χ2n) is 11.1. The largest absolute Gasteiger partial charge is 0.493 e. The van der Waals surface area contributed by atoms with E-state index in [4.69, 9.17) is 9.47 Å². The zero-order valence-corrected chi connectivity index (χ0v) is 24.5. The highest BCUT2D eigenvalue weighted by molar-refractivity contribution is 5.93. The number of hydrogen-bond donors (Lipinski definition) is 0. The first-order chi connectivity index (χ1) is 20.0. The van der Waals surface area contributed by atoms with Crippen molar-refractivity contribution in [2.45, 2.75) is 58.0 Å². The Labute approximate surface area is 242 Å². The van der Waals surface area contributed by atoms with E-state index >= 15 is 4.39 Å². The van der Waals surface area contributed by atoms with Crippen molar-refractivity contribution in [3.8, 4) is 22.6 Å². The minimum atomic E-state index is -0.299. The molecule has 0 spiro atoms. The van der Waals surface area contributed by atoms with Crippen LogP contribution in [-0.4, -0.2) is 72.6 Å². The standard InChI is InChI=1S/C32H42FN5O3/c1-4-5-6-19-41-30-20-27(11-12-29(30)40-3)37-16-8-15-36(32(37)39)22-24-9-7-10-28(31(24)33)25-21-34-38(23-25)26-13-17-35(2)18-14-26/h7,9-12,20-21,23,26H,4-6,8,13-19,22H2,1-3H3. The fourth-order valence-corrected chi connectivity index (χ4v) is 5.71. The first kappa shape index (κ1) is 28.9. The number of benzene rings is 2. The predicted octanol–water partition coefficient (Wildman–Crippen LogP) is 6.37. The molecule has 0 aliphatic carbocycles.